The molecule has 1 saturated heterocycles. The highest BCUT2D eigenvalue weighted by Gasteiger charge is 2.15. The van der Waals surface area contributed by atoms with Crippen LogP contribution < -0.4 is 10.2 Å². The number of ether oxygens (including phenoxy) is 1. The molecule has 0 radical (unpaired) electrons. The predicted molar refractivity (Wildman–Crippen MR) is 117 cm³/mol. The van der Waals surface area contributed by atoms with Gasteiger partial charge in [-0.2, -0.15) is 0 Å². The quantitative estimate of drug-likeness (QED) is 0.660. The van der Waals surface area contributed by atoms with Crippen LogP contribution in [0.25, 0.3) is 11.0 Å². The Morgan fingerprint density at radius 2 is 1.86 bits per heavy atom. The van der Waals surface area contributed by atoms with E-state index < -0.39 is 6.09 Å². The summed E-state index contributed by atoms with van der Waals surface area (Å²) in [4.78, 5) is 26.0. The minimum absolute atomic E-state index is 0.376. The summed E-state index contributed by atoms with van der Waals surface area (Å²) in [6.07, 6.45) is -0.546. The maximum Gasteiger partial charge on any atom is 0.413 e. The smallest absolute Gasteiger partial charge is 0.413 e. The van der Waals surface area contributed by atoms with Crippen LogP contribution in [0, 0.1) is 0 Å². The molecule has 1 aliphatic heterocycles. The van der Waals surface area contributed by atoms with E-state index in [1.165, 1.54) is 17.7 Å². The van der Waals surface area contributed by atoms with Gasteiger partial charge in [-0.05, 0) is 49.0 Å². The number of benzene rings is 2. The number of carbonyl (C=O) groups excluding carboxylic acids is 1. The van der Waals surface area contributed by atoms with Crippen LogP contribution in [0.4, 0.5) is 16.4 Å². The summed E-state index contributed by atoms with van der Waals surface area (Å²) in [6, 6.07) is 14.8. The summed E-state index contributed by atoms with van der Waals surface area (Å²) in [5.41, 5.74) is 2.95. The Bertz CT molecular complexity index is 980. The number of methoxy groups -OCH3 is 1. The van der Waals surface area contributed by atoms with E-state index in [0.717, 1.165) is 48.7 Å². The first-order valence-electron chi connectivity index (χ1n) is 9.74. The fourth-order valence-electron chi connectivity index (χ4n) is 3.44. The lowest BCUT2D eigenvalue weighted by Crippen LogP contribution is -2.46. The Labute approximate surface area is 174 Å². The normalized spacial score (nSPS) is 14.9. The maximum atomic E-state index is 11.3. The Hall–Kier alpha value is -2.71. The third-order valence-electron chi connectivity index (χ3n) is 5.12. The Morgan fingerprint density at radius 3 is 2.55 bits per heavy atom. The molecule has 0 unspecified atom stereocenters. The second-order valence-electron chi connectivity index (χ2n) is 6.90. The largest absolute Gasteiger partial charge is 0.453 e. The van der Waals surface area contributed by atoms with Crippen LogP contribution in [-0.2, 0) is 4.74 Å². The van der Waals surface area contributed by atoms with Gasteiger partial charge in [0, 0.05) is 41.7 Å². The molecule has 0 saturated carbocycles. The number of H-pyrrole nitrogens is 1. The van der Waals surface area contributed by atoms with Crippen LogP contribution in [0.3, 0.4) is 0 Å². The molecule has 0 atom stereocenters. The maximum absolute atomic E-state index is 11.3. The number of nitrogens with one attached hydrogen (secondary N) is 2. The minimum Gasteiger partial charge on any atom is -0.453 e. The number of carbonyl (C=O) groups is 1. The molecule has 2 N–H and O–H groups in total. The van der Waals surface area contributed by atoms with Crippen molar-refractivity contribution >= 4 is 40.5 Å². The standard InChI is InChI=1S/C21H25N5O2S/c1-3-25-10-12-26(13-11-25)15-4-6-16(7-5-15)29-17-8-9-18-19(14-17)23-20(22-18)24-21(27)28-2/h4-9,14H,3,10-13H2,1-2H3,(H2,22,23,24,27). The van der Waals surface area contributed by atoms with E-state index in [1.54, 1.807) is 11.8 Å². The van der Waals surface area contributed by atoms with Gasteiger partial charge in [-0.3, -0.25) is 5.32 Å². The SMILES string of the molecule is CCN1CCN(c2ccc(Sc3ccc4nc(NC(=O)OC)[nH]c4c3)cc2)CC1. The van der Waals surface area contributed by atoms with Gasteiger partial charge in [-0.15, -0.1) is 0 Å². The molecule has 2 heterocycles. The average molecular weight is 412 g/mol. The number of piperazine rings is 1. The van der Waals surface area contributed by atoms with Gasteiger partial charge in [0.2, 0.25) is 5.95 Å². The molecule has 152 valence electrons. The summed E-state index contributed by atoms with van der Waals surface area (Å²) in [6.45, 7) is 7.77. The number of fused-ring (bicyclic) bond motifs is 1. The average Bonchev–Trinajstić information content (AvgIpc) is 3.15. The lowest BCUT2D eigenvalue weighted by atomic mass is 10.2. The van der Waals surface area contributed by atoms with Crippen molar-refractivity contribution in [2.24, 2.45) is 0 Å². The van der Waals surface area contributed by atoms with Gasteiger partial charge in [-0.25, -0.2) is 9.78 Å². The molecule has 1 fully saturated rings. The Morgan fingerprint density at radius 1 is 1.14 bits per heavy atom. The number of rotatable bonds is 5. The van der Waals surface area contributed by atoms with Crippen molar-refractivity contribution in [2.75, 3.05) is 50.1 Å². The molecule has 4 rings (SSSR count). The third-order valence-corrected chi connectivity index (χ3v) is 6.11. The van der Waals surface area contributed by atoms with Gasteiger partial charge in [0.1, 0.15) is 0 Å². The molecule has 1 aliphatic rings. The Kier molecular flexibility index (Phi) is 5.92. The fourth-order valence-corrected chi connectivity index (χ4v) is 4.30. The number of aromatic amines is 1. The zero-order valence-corrected chi connectivity index (χ0v) is 17.5. The second-order valence-corrected chi connectivity index (χ2v) is 8.05. The zero-order chi connectivity index (χ0) is 20.2. The molecule has 29 heavy (non-hydrogen) atoms. The lowest BCUT2D eigenvalue weighted by Gasteiger charge is -2.35. The number of anilines is 2. The summed E-state index contributed by atoms with van der Waals surface area (Å²) in [5.74, 6) is 0.376. The molecule has 2 aromatic carbocycles. The highest BCUT2D eigenvalue weighted by atomic mass is 32.2. The summed E-state index contributed by atoms with van der Waals surface area (Å²) in [5, 5.41) is 2.55. The summed E-state index contributed by atoms with van der Waals surface area (Å²) in [7, 11) is 1.32. The summed E-state index contributed by atoms with van der Waals surface area (Å²) >= 11 is 1.70. The number of hydrogen-bond acceptors (Lipinski definition) is 6. The van der Waals surface area contributed by atoms with Gasteiger partial charge in [0.25, 0.3) is 0 Å². The monoisotopic (exact) mass is 411 g/mol. The second kappa shape index (κ2) is 8.75. The number of amides is 1. The molecule has 3 aromatic rings. The fraction of sp³-hybridized carbons (Fsp3) is 0.333. The topological polar surface area (TPSA) is 73.5 Å². The van der Waals surface area contributed by atoms with Gasteiger partial charge < -0.3 is 19.5 Å². The molecule has 0 spiro atoms. The highest BCUT2D eigenvalue weighted by molar-refractivity contribution is 7.99. The predicted octanol–water partition coefficient (Wildman–Crippen LogP) is 4.03. The Balaban J connectivity index is 1.42. The first-order chi connectivity index (χ1) is 14.1. The number of aromatic nitrogens is 2. The van der Waals surface area contributed by atoms with E-state index in [4.69, 9.17) is 0 Å². The molecular weight excluding hydrogens is 386 g/mol. The van der Waals surface area contributed by atoms with Crippen LogP contribution >= 0.6 is 11.8 Å². The first kappa shape index (κ1) is 19.6. The first-order valence-corrected chi connectivity index (χ1v) is 10.6. The number of imidazole rings is 1. The molecule has 0 aliphatic carbocycles. The van der Waals surface area contributed by atoms with E-state index in [0.29, 0.717) is 5.95 Å². The van der Waals surface area contributed by atoms with Crippen molar-refractivity contribution in [1.29, 1.82) is 0 Å². The zero-order valence-electron chi connectivity index (χ0n) is 16.6. The molecule has 1 aromatic heterocycles. The van der Waals surface area contributed by atoms with Crippen molar-refractivity contribution in [2.45, 2.75) is 16.7 Å². The number of nitrogens with zero attached hydrogens (tertiary/aromatic N) is 3. The highest BCUT2D eigenvalue weighted by Crippen LogP contribution is 2.31. The van der Waals surface area contributed by atoms with Crippen LogP contribution in [0.2, 0.25) is 0 Å². The van der Waals surface area contributed by atoms with Crippen molar-refractivity contribution in [1.82, 2.24) is 14.9 Å². The van der Waals surface area contributed by atoms with Crippen molar-refractivity contribution in [3.8, 4) is 0 Å². The number of hydrogen-bond donors (Lipinski definition) is 2. The number of likely N-dealkylation sites (N-methyl/N-ethyl adjacent to an activating group) is 1. The van der Waals surface area contributed by atoms with Gasteiger partial charge in [-0.1, -0.05) is 18.7 Å². The van der Waals surface area contributed by atoms with Crippen molar-refractivity contribution in [3.05, 3.63) is 42.5 Å². The van der Waals surface area contributed by atoms with E-state index in [1.807, 2.05) is 18.2 Å². The summed E-state index contributed by atoms with van der Waals surface area (Å²) < 4.78 is 4.60. The van der Waals surface area contributed by atoms with Crippen LogP contribution in [0.15, 0.2) is 52.3 Å². The van der Waals surface area contributed by atoms with E-state index >= 15 is 0 Å². The molecule has 0 bridgehead atoms. The lowest BCUT2D eigenvalue weighted by molar-refractivity contribution is 0.186. The van der Waals surface area contributed by atoms with E-state index in [-0.39, 0.29) is 0 Å². The van der Waals surface area contributed by atoms with E-state index in [2.05, 4.69) is 61.0 Å². The molecule has 8 heteroatoms. The van der Waals surface area contributed by atoms with Crippen molar-refractivity contribution < 1.29 is 9.53 Å². The van der Waals surface area contributed by atoms with Crippen LogP contribution in [-0.4, -0.2) is 60.8 Å². The van der Waals surface area contributed by atoms with E-state index in [9.17, 15) is 4.79 Å². The molecule has 1 amide bonds. The van der Waals surface area contributed by atoms with Gasteiger partial charge in [0.15, 0.2) is 0 Å². The third kappa shape index (κ3) is 4.65. The van der Waals surface area contributed by atoms with Crippen LogP contribution in [0.5, 0.6) is 0 Å². The van der Waals surface area contributed by atoms with Crippen molar-refractivity contribution in [3.63, 3.8) is 0 Å². The molecular formula is C21H25N5O2S. The van der Waals surface area contributed by atoms with Crippen LogP contribution in [0.1, 0.15) is 6.92 Å². The minimum atomic E-state index is -0.546. The van der Waals surface area contributed by atoms with Gasteiger partial charge in [0.05, 0.1) is 18.1 Å². The molecule has 7 nitrogen and oxygen atoms in total. The van der Waals surface area contributed by atoms with Gasteiger partial charge >= 0.3 is 6.09 Å².